The summed E-state index contributed by atoms with van der Waals surface area (Å²) in [6.07, 6.45) is 1.57. The predicted octanol–water partition coefficient (Wildman–Crippen LogP) is -0.356. The first-order chi connectivity index (χ1) is 10.1. The number of carbonyl (C=O) groups excluding carboxylic acids is 2. The molecule has 1 heterocycles. The van der Waals surface area contributed by atoms with Gasteiger partial charge in [-0.3, -0.25) is 9.59 Å². The van der Waals surface area contributed by atoms with Crippen molar-refractivity contribution in [1.29, 1.82) is 0 Å². The van der Waals surface area contributed by atoms with Crippen LogP contribution in [-0.4, -0.2) is 31.4 Å². The molecule has 0 bridgehead atoms. The maximum atomic E-state index is 12.1. The first kappa shape index (κ1) is 15.5. The van der Waals surface area contributed by atoms with Crippen LogP contribution in [0.2, 0.25) is 0 Å². The molecule has 1 aliphatic rings. The zero-order valence-corrected chi connectivity index (χ0v) is 12.5. The number of likely N-dealkylation sites (tertiary alicyclic amines) is 1. The van der Waals surface area contributed by atoms with Gasteiger partial charge >= 0.3 is 0 Å². The molecule has 21 heavy (non-hydrogen) atoms. The monoisotopic (exact) mass is 290 g/mol. The van der Waals surface area contributed by atoms with Crippen molar-refractivity contribution in [3.05, 3.63) is 35.9 Å². The highest BCUT2D eigenvalue weighted by Gasteiger charge is 2.27. The molecule has 0 saturated carbocycles. The van der Waals surface area contributed by atoms with Crippen molar-refractivity contribution in [3.8, 4) is 0 Å². The molecule has 0 unspecified atom stereocenters. The maximum absolute atomic E-state index is 12.1. The van der Waals surface area contributed by atoms with Gasteiger partial charge in [0.2, 0.25) is 5.91 Å². The number of hydrogen-bond acceptors (Lipinski definition) is 2. The van der Waals surface area contributed by atoms with E-state index in [0.29, 0.717) is 6.54 Å². The molecule has 0 aliphatic carbocycles. The number of hydrogen-bond donors (Lipinski definition) is 3. The van der Waals surface area contributed by atoms with E-state index in [9.17, 15) is 9.59 Å². The van der Waals surface area contributed by atoms with E-state index in [2.05, 4.69) is 5.32 Å². The molecule has 5 nitrogen and oxygen atoms in total. The fraction of sp³-hybridized carbons (Fsp3) is 0.500. The number of quaternary nitrogens is 1. The number of rotatable bonds is 5. The summed E-state index contributed by atoms with van der Waals surface area (Å²) in [5.41, 5.74) is 6.42. The molecule has 1 aliphatic heterocycles. The molecule has 0 spiro atoms. The minimum Gasteiger partial charge on any atom is -0.369 e. The van der Waals surface area contributed by atoms with E-state index >= 15 is 0 Å². The third kappa shape index (κ3) is 4.56. The van der Waals surface area contributed by atoms with Gasteiger partial charge in [-0.1, -0.05) is 30.3 Å². The van der Waals surface area contributed by atoms with Crippen LogP contribution >= 0.6 is 0 Å². The molecule has 1 saturated heterocycles. The number of piperidine rings is 1. The largest absolute Gasteiger partial charge is 0.369 e. The van der Waals surface area contributed by atoms with Crippen LogP contribution < -0.4 is 16.0 Å². The Kier molecular flexibility index (Phi) is 5.33. The Morgan fingerprint density at radius 2 is 1.90 bits per heavy atom. The fourth-order valence-electron chi connectivity index (χ4n) is 2.83. The van der Waals surface area contributed by atoms with E-state index in [0.717, 1.165) is 31.5 Å². The van der Waals surface area contributed by atoms with E-state index in [-0.39, 0.29) is 23.8 Å². The van der Waals surface area contributed by atoms with E-state index in [1.807, 2.05) is 37.3 Å². The van der Waals surface area contributed by atoms with Gasteiger partial charge < -0.3 is 16.0 Å². The average Bonchev–Trinajstić information content (AvgIpc) is 2.48. The third-order valence-electron chi connectivity index (χ3n) is 4.18. The molecule has 1 aromatic carbocycles. The number of benzene rings is 1. The zero-order valence-electron chi connectivity index (χ0n) is 12.5. The van der Waals surface area contributed by atoms with E-state index in [1.54, 1.807) is 0 Å². The van der Waals surface area contributed by atoms with E-state index in [1.165, 1.54) is 4.90 Å². The van der Waals surface area contributed by atoms with Crippen molar-refractivity contribution >= 4 is 11.8 Å². The number of amides is 2. The van der Waals surface area contributed by atoms with Gasteiger partial charge in [-0.2, -0.15) is 0 Å². The molecule has 1 fully saturated rings. The normalized spacial score (nSPS) is 23.3. The highest BCUT2D eigenvalue weighted by molar-refractivity contribution is 5.77. The molecule has 114 valence electrons. The second-order valence-electron chi connectivity index (χ2n) is 5.80. The van der Waals surface area contributed by atoms with Crippen LogP contribution in [0.3, 0.4) is 0 Å². The van der Waals surface area contributed by atoms with Gasteiger partial charge in [0.25, 0.3) is 5.91 Å². The molecule has 4 N–H and O–H groups in total. The molecule has 1 atom stereocenters. The van der Waals surface area contributed by atoms with Gasteiger partial charge in [-0.05, 0) is 12.5 Å². The van der Waals surface area contributed by atoms with Gasteiger partial charge in [0.15, 0.2) is 6.54 Å². The lowest BCUT2D eigenvalue weighted by Gasteiger charge is -2.27. The van der Waals surface area contributed by atoms with Crippen LogP contribution in [0, 0.1) is 5.92 Å². The molecule has 1 aromatic rings. The Morgan fingerprint density at radius 3 is 2.48 bits per heavy atom. The van der Waals surface area contributed by atoms with E-state index in [4.69, 9.17) is 5.73 Å². The van der Waals surface area contributed by atoms with E-state index < -0.39 is 0 Å². The molecule has 0 radical (unpaired) electrons. The third-order valence-corrected chi connectivity index (χ3v) is 4.18. The lowest BCUT2D eigenvalue weighted by molar-refractivity contribution is -0.897. The Hall–Kier alpha value is -1.88. The summed E-state index contributed by atoms with van der Waals surface area (Å²) >= 11 is 0. The number of nitrogens with two attached hydrogens (primary N) is 1. The SMILES string of the molecule is C[C@@H](NC(=O)C[NH+]1CCC(C(N)=O)CC1)c1ccccc1. The summed E-state index contributed by atoms with van der Waals surface area (Å²) in [5, 5.41) is 3.03. The summed E-state index contributed by atoms with van der Waals surface area (Å²) in [5.74, 6) is -0.171. The Bertz CT molecular complexity index is 482. The van der Waals surface area contributed by atoms with Gasteiger partial charge in [-0.25, -0.2) is 0 Å². The summed E-state index contributed by atoms with van der Waals surface area (Å²) < 4.78 is 0. The first-order valence-corrected chi connectivity index (χ1v) is 7.53. The molecular formula is C16H24N3O2+. The quantitative estimate of drug-likeness (QED) is 0.693. The van der Waals surface area contributed by atoms with Crippen molar-refractivity contribution in [2.45, 2.75) is 25.8 Å². The van der Waals surface area contributed by atoms with Crippen molar-refractivity contribution in [2.24, 2.45) is 11.7 Å². The molecule has 2 rings (SSSR count). The Morgan fingerprint density at radius 1 is 1.29 bits per heavy atom. The Balaban J connectivity index is 1.76. The fourth-order valence-corrected chi connectivity index (χ4v) is 2.83. The first-order valence-electron chi connectivity index (χ1n) is 7.53. The zero-order chi connectivity index (χ0) is 15.2. The summed E-state index contributed by atoms with van der Waals surface area (Å²) in [6.45, 7) is 4.12. The smallest absolute Gasteiger partial charge is 0.275 e. The van der Waals surface area contributed by atoms with Gasteiger partial charge in [-0.15, -0.1) is 0 Å². The summed E-state index contributed by atoms with van der Waals surface area (Å²) in [4.78, 5) is 24.4. The molecule has 2 amide bonds. The maximum Gasteiger partial charge on any atom is 0.275 e. The van der Waals surface area contributed by atoms with Crippen LogP contribution in [0.25, 0.3) is 0 Å². The highest BCUT2D eigenvalue weighted by Crippen LogP contribution is 2.10. The highest BCUT2D eigenvalue weighted by atomic mass is 16.2. The molecular weight excluding hydrogens is 266 g/mol. The van der Waals surface area contributed by atoms with Crippen LogP contribution in [0.15, 0.2) is 30.3 Å². The number of nitrogens with one attached hydrogen (secondary N) is 2. The van der Waals surface area contributed by atoms with Crippen molar-refractivity contribution in [3.63, 3.8) is 0 Å². The molecule has 5 heteroatoms. The topological polar surface area (TPSA) is 76.6 Å². The second-order valence-corrected chi connectivity index (χ2v) is 5.80. The van der Waals surface area contributed by atoms with Gasteiger partial charge in [0.05, 0.1) is 19.1 Å². The number of primary amides is 1. The Labute approximate surface area is 125 Å². The van der Waals surface area contributed by atoms with Crippen molar-refractivity contribution < 1.29 is 14.5 Å². The summed E-state index contributed by atoms with van der Waals surface area (Å²) in [6, 6.07) is 9.94. The van der Waals surface area contributed by atoms with Crippen LogP contribution in [0.1, 0.15) is 31.4 Å². The van der Waals surface area contributed by atoms with Crippen LogP contribution in [-0.2, 0) is 9.59 Å². The lowest BCUT2D eigenvalue weighted by Crippen LogP contribution is -3.14. The minimum atomic E-state index is -0.212. The summed E-state index contributed by atoms with van der Waals surface area (Å²) in [7, 11) is 0. The predicted molar refractivity (Wildman–Crippen MR) is 80.5 cm³/mol. The number of carbonyl (C=O) groups is 2. The van der Waals surface area contributed by atoms with Crippen LogP contribution in [0.5, 0.6) is 0 Å². The lowest BCUT2D eigenvalue weighted by atomic mass is 9.96. The van der Waals surface area contributed by atoms with Gasteiger partial charge in [0.1, 0.15) is 0 Å². The van der Waals surface area contributed by atoms with Crippen molar-refractivity contribution in [1.82, 2.24) is 5.32 Å². The average molecular weight is 290 g/mol. The molecule has 0 aromatic heterocycles. The van der Waals surface area contributed by atoms with Crippen molar-refractivity contribution in [2.75, 3.05) is 19.6 Å². The van der Waals surface area contributed by atoms with Gasteiger partial charge in [0, 0.05) is 18.8 Å². The second kappa shape index (κ2) is 7.22. The van der Waals surface area contributed by atoms with Crippen LogP contribution in [0.4, 0.5) is 0 Å². The minimum absolute atomic E-state index is 0.0138. The standard InChI is InChI=1S/C16H23N3O2/c1-12(13-5-3-2-4-6-13)18-15(20)11-19-9-7-14(8-10-19)16(17)21/h2-6,12,14H,7-11H2,1H3,(H2,17,21)(H,18,20)/p+1/t12-/m1/s1.